The largest absolute Gasteiger partial charge is 0.481 e. The molecule has 0 spiro atoms. The van der Waals surface area contributed by atoms with Gasteiger partial charge in [0, 0.05) is 18.0 Å². The van der Waals surface area contributed by atoms with Gasteiger partial charge < -0.3 is 9.64 Å². The molecule has 0 aromatic heterocycles. The Bertz CT molecular complexity index is 482. The fourth-order valence-electron chi connectivity index (χ4n) is 1.68. The Morgan fingerprint density at radius 1 is 1.40 bits per heavy atom. The number of carbonyl (C=O) groups is 1. The second-order valence-corrected chi connectivity index (χ2v) is 5.48. The summed E-state index contributed by atoms with van der Waals surface area (Å²) < 4.78 is 5.64. The molecule has 0 aliphatic heterocycles. The number of thioether (sulfide) groups is 1. The van der Waals surface area contributed by atoms with Crippen LogP contribution in [0.25, 0.3) is 0 Å². The van der Waals surface area contributed by atoms with Crippen molar-refractivity contribution in [2.75, 3.05) is 13.3 Å². The van der Waals surface area contributed by atoms with E-state index in [2.05, 4.69) is 6.07 Å². The van der Waals surface area contributed by atoms with Crippen LogP contribution in [0.5, 0.6) is 5.75 Å². The first-order chi connectivity index (χ1) is 9.49. The third kappa shape index (κ3) is 4.46. The van der Waals surface area contributed by atoms with Crippen molar-refractivity contribution >= 4 is 17.7 Å². The van der Waals surface area contributed by atoms with Gasteiger partial charge in [-0.05, 0) is 44.4 Å². The highest BCUT2D eigenvalue weighted by Gasteiger charge is 2.22. The Morgan fingerprint density at radius 3 is 2.50 bits per heavy atom. The lowest BCUT2D eigenvalue weighted by Gasteiger charge is -2.26. The molecule has 20 heavy (non-hydrogen) atoms. The van der Waals surface area contributed by atoms with Crippen LogP contribution >= 0.6 is 11.8 Å². The van der Waals surface area contributed by atoms with E-state index in [9.17, 15) is 4.79 Å². The molecule has 1 aromatic carbocycles. The Kier molecular flexibility index (Phi) is 6.40. The standard InChI is InChI=1S/C15H20N2O2S/c1-11(9-10-16)17(3)15(18)12(2)19-13-5-7-14(20-4)8-6-13/h5-8,11-12H,9H2,1-4H3/t11-,12-/m0/s1. The molecule has 0 radical (unpaired) electrons. The molecule has 0 saturated heterocycles. The average Bonchev–Trinajstić information content (AvgIpc) is 2.46. The van der Waals surface area contributed by atoms with Gasteiger partial charge in [-0.2, -0.15) is 5.26 Å². The van der Waals surface area contributed by atoms with Crippen LogP contribution in [0.4, 0.5) is 0 Å². The summed E-state index contributed by atoms with van der Waals surface area (Å²) in [4.78, 5) is 14.9. The molecule has 1 rings (SSSR count). The monoisotopic (exact) mass is 292 g/mol. The summed E-state index contributed by atoms with van der Waals surface area (Å²) in [5, 5.41) is 8.67. The predicted octanol–water partition coefficient (Wildman–Crippen LogP) is 2.94. The van der Waals surface area contributed by atoms with E-state index >= 15 is 0 Å². The van der Waals surface area contributed by atoms with Crippen LogP contribution in [0.1, 0.15) is 20.3 Å². The molecule has 0 bridgehead atoms. The minimum absolute atomic E-state index is 0.114. The van der Waals surface area contributed by atoms with Crippen LogP contribution in [0.2, 0.25) is 0 Å². The number of benzene rings is 1. The van der Waals surface area contributed by atoms with E-state index in [1.807, 2.05) is 37.4 Å². The lowest BCUT2D eigenvalue weighted by atomic mass is 10.2. The van der Waals surface area contributed by atoms with Gasteiger partial charge in [0.2, 0.25) is 0 Å². The third-order valence-corrected chi connectivity index (χ3v) is 3.86. The molecule has 0 saturated carbocycles. The molecule has 5 heteroatoms. The minimum Gasteiger partial charge on any atom is -0.481 e. The number of nitrogens with zero attached hydrogens (tertiary/aromatic N) is 2. The Hall–Kier alpha value is -1.67. The van der Waals surface area contributed by atoms with Gasteiger partial charge in [-0.3, -0.25) is 4.79 Å². The van der Waals surface area contributed by atoms with E-state index < -0.39 is 6.10 Å². The number of ether oxygens (including phenoxy) is 1. The normalized spacial score (nSPS) is 13.2. The average molecular weight is 292 g/mol. The fraction of sp³-hybridized carbons (Fsp3) is 0.467. The molecule has 0 fully saturated rings. The Labute approximate surface area is 124 Å². The van der Waals surface area contributed by atoms with E-state index in [0.29, 0.717) is 12.2 Å². The second kappa shape index (κ2) is 7.81. The number of hydrogen-bond donors (Lipinski definition) is 0. The maximum Gasteiger partial charge on any atom is 0.263 e. The van der Waals surface area contributed by atoms with Crippen molar-refractivity contribution in [2.24, 2.45) is 0 Å². The highest BCUT2D eigenvalue weighted by atomic mass is 32.2. The lowest BCUT2D eigenvalue weighted by Crippen LogP contribution is -2.42. The molecule has 0 N–H and O–H groups in total. The first-order valence-electron chi connectivity index (χ1n) is 6.44. The second-order valence-electron chi connectivity index (χ2n) is 4.60. The maximum atomic E-state index is 12.2. The van der Waals surface area contributed by atoms with Crippen LogP contribution in [0.3, 0.4) is 0 Å². The Morgan fingerprint density at radius 2 is 2.00 bits per heavy atom. The zero-order valence-electron chi connectivity index (χ0n) is 12.3. The van der Waals surface area contributed by atoms with Crippen molar-refractivity contribution in [3.63, 3.8) is 0 Å². The zero-order valence-corrected chi connectivity index (χ0v) is 13.1. The third-order valence-electron chi connectivity index (χ3n) is 3.12. The van der Waals surface area contributed by atoms with Gasteiger partial charge in [0.1, 0.15) is 5.75 Å². The van der Waals surface area contributed by atoms with Gasteiger partial charge in [0.15, 0.2) is 6.10 Å². The van der Waals surface area contributed by atoms with Gasteiger partial charge in [-0.1, -0.05) is 0 Å². The van der Waals surface area contributed by atoms with Crippen molar-refractivity contribution < 1.29 is 9.53 Å². The van der Waals surface area contributed by atoms with Crippen molar-refractivity contribution in [1.82, 2.24) is 4.90 Å². The number of carbonyl (C=O) groups excluding carboxylic acids is 1. The molecule has 1 amide bonds. The van der Waals surface area contributed by atoms with Crippen LogP contribution < -0.4 is 4.74 Å². The summed E-state index contributed by atoms with van der Waals surface area (Å²) in [5.74, 6) is 0.548. The topological polar surface area (TPSA) is 53.3 Å². The van der Waals surface area contributed by atoms with Crippen molar-refractivity contribution in [3.8, 4) is 11.8 Å². The van der Waals surface area contributed by atoms with Gasteiger partial charge in [-0.25, -0.2) is 0 Å². The maximum absolute atomic E-state index is 12.2. The summed E-state index contributed by atoms with van der Waals surface area (Å²) in [6, 6.07) is 9.58. The molecule has 4 nitrogen and oxygen atoms in total. The van der Waals surface area contributed by atoms with Gasteiger partial charge >= 0.3 is 0 Å². The van der Waals surface area contributed by atoms with Crippen molar-refractivity contribution in [3.05, 3.63) is 24.3 Å². The van der Waals surface area contributed by atoms with Crippen LogP contribution in [0.15, 0.2) is 29.2 Å². The van der Waals surface area contributed by atoms with Crippen molar-refractivity contribution in [2.45, 2.75) is 37.3 Å². The zero-order chi connectivity index (χ0) is 15.1. The summed E-state index contributed by atoms with van der Waals surface area (Å²) >= 11 is 1.66. The van der Waals surface area contributed by atoms with Gasteiger partial charge in [0.05, 0.1) is 12.5 Å². The number of likely N-dealkylation sites (N-methyl/N-ethyl adjacent to an activating group) is 1. The molecular formula is C15H20N2O2S. The highest BCUT2D eigenvalue weighted by Crippen LogP contribution is 2.20. The minimum atomic E-state index is -0.568. The van der Waals surface area contributed by atoms with Crippen LogP contribution in [-0.4, -0.2) is 36.3 Å². The van der Waals surface area contributed by atoms with Crippen LogP contribution in [-0.2, 0) is 4.79 Å². The van der Waals surface area contributed by atoms with E-state index in [-0.39, 0.29) is 11.9 Å². The molecule has 0 aliphatic rings. The summed E-state index contributed by atoms with van der Waals surface area (Å²) in [5.41, 5.74) is 0. The van der Waals surface area contributed by atoms with Crippen molar-refractivity contribution in [1.29, 1.82) is 5.26 Å². The molecule has 0 aliphatic carbocycles. The molecule has 108 valence electrons. The number of hydrogen-bond acceptors (Lipinski definition) is 4. The quantitative estimate of drug-likeness (QED) is 0.756. The summed E-state index contributed by atoms with van der Waals surface area (Å²) in [6.07, 6.45) is 1.76. The summed E-state index contributed by atoms with van der Waals surface area (Å²) in [7, 11) is 1.70. The molecule has 1 aromatic rings. The van der Waals surface area contributed by atoms with E-state index in [1.54, 1.807) is 30.6 Å². The lowest BCUT2D eigenvalue weighted by molar-refractivity contribution is -0.138. The first-order valence-corrected chi connectivity index (χ1v) is 7.66. The summed E-state index contributed by atoms with van der Waals surface area (Å²) in [6.45, 7) is 3.57. The molecule has 0 heterocycles. The van der Waals surface area contributed by atoms with E-state index in [0.717, 1.165) is 4.90 Å². The van der Waals surface area contributed by atoms with Gasteiger partial charge in [-0.15, -0.1) is 11.8 Å². The van der Waals surface area contributed by atoms with Crippen LogP contribution in [0, 0.1) is 11.3 Å². The number of rotatable bonds is 6. The first kappa shape index (κ1) is 16.4. The SMILES string of the molecule is CSc1ccc(O[C@@H](C)C(=O)N(C)[C@@H](C)CC#N)cc1. The Balaban J connectivity index is 2.62. The molecule has 2 atom stereocenters. The van der Waals surface area contributed by atoms with Gasteiger partial charge in [0.25, 0.3) is 5.91 Å². The number of amides is 1. The highest BCUT2D eigenvalue weighted by molar-refractivity contribution is 7.98. The smallest absolute Gasteiger partial charge is 0.263 e. The van der Waals surface area contributed by atoms with E-state index in [1.165, 1.54) is 0 Å². The van der Waals surface area contributed by atoms with E-state index in [4.69, 9.17) is 10.00 Å². The molecule has 0 unspecified atom stereocenters. The fourth-order valence-corrected chi connectivity index (χ4v) is 2.09. The predicted molar refractivity (Wildman–Crippen MR) is 80.8 cm³/mol. The number of nitriles is 1. The molecular weight excluding hydrogens is 272 g/mol.